The number of Topliss-reactive ketones (excluding diaryl/α,β-unsaturated/α-hetero) is 1. The zero-order chi connectivity index (χ0) is 16.1. The van der Waals surface area contributed by atoms with Crippen molar-refractivity contribution in [1.82, 2.24) is 0 Å². The number of rotatable bonds is 5. The standard InChI is InChI=1S/C17H16ClNO2S/c1-11(20)13-7-3-5-9-15(13)19-17(21)12(2)22-16-10-6-4-8-14(16)18/h3-10,12H,1-2H3,(H,19,21). The van der Waals surface area contributed by atoms with Gasteiger partial charge in [0.05, 0.1) is 16.0 Å². The maximum absolute atomic E-state index is 12.3. The minimum Gasteiger partial charge on any atom is -0.324 e. The molecular formula is C17H16ClNO2S. The first kappa shape index (κ1) is 16.6. The Hall–Kier alpha value is -1.78. The molecule has 0 aliphatic rings. The van der Waals surface area contributed by atoms with E-state index in [1.54, 1.807) is 37.3 Å². The highest BCUT2D eigenvalue weighted by atomic mass is 35.5. The number of ketones is 1. The van der Waals surface area contributed by atoms with E-state index in [9.17, 15) is 9.59 Å². The molecule has 22 heavy (non-hydrogen) atoms. The lowest BCUT2D eigenvalue weighted by molar-refractivity contribution is -0.115. The van der Waals surface area contributed by atoms with Crippen molar-refractivity contribution < 1.29 is 9.59 Å². The zero-order valence-corrected chi connectivity index (χ0v) is 13.9. The van der Waals surface area contributed by atoms with Crippen LogP contribution in [-0.4, -0.2) is 16.9 Å². The summed E-state index contributed by atoms with van der Waals surface area (Å²) in [4.78, 5) is 24.7. The van der Waals surface area contributed by atoms with E-state index in [4.69, 9.17) is 11.6 Å². The Morgan fingerprint density at radius 2 is 1.73 bits per heavy atom. The summed E-state index contributed by atoms with van der Waals surface area (Å²) in [5, 5.41) is 3.10. The zero-order valence-electron chi connectivity index (χ0n) is 12.3. The Kier molecular flexibility index (Phi) is 5.63. The van der Waals surface area contributed by atoms with E-state index in [0.717, 1.165) is 4.90 Å². The van der Waals surface area contributed by atoms with Crippen LogP contribution in [-0.2, 0) is 4.79 Å². The lowest BCUT2D eigenvalue weighted by Gasteiger charge is -2.14. The van der Waals surface area contributed by atoms with Crippen LogP contribution >= 0.6 is 23.4 Å². The molecule has 0 spiro atoms. The molecule has 0 radical (unpaired) electrons. The van der Waals surface area contributed by atoms with Crippen molar-refractivity contribution >= 4 is 40.7 Å². The van der Waals surface area contributed by atoms with E-state index in [2.05, 4.69) is 5.32 Å². The van der Waals surface area contributed by atoms with Crippen LogP contribution in [0.2, 0.25) is 5.02 Å². The Labute approximate surface area is 139 Å². The quantitative estimate of drug-likeness (QED) is 0.639. The lowest BCUT2D eigenvalue weighted by Crippen LogP contribution is -2.23. The summed E-state index contributed by atoms with van der Waals surface area (Å²) in [7, 11) is 0. The van der Waals surface area contributed by atoms with Crippen LogP contribution in [0, 0.1) is 0 Å². The molecule has 0 saturated carbocycles. The van der Waals surface area contributed by atoms with Crippen LogP contribution in [0.1, 0.15) is 24.2 Å². The third kappa shape index (κ3) is 4.12. The highest BCUT2D eigenvalue weighted by Gasteiger charge is 2.17. The van der Waals surface area contributed by atoms with Crippen LogP contribution in [0.25, 0.3) is 0 Å². The molecule has 1 amide bonds. The monoisotopic (exact) mass is 333 g/mol. The molecule has 0 fully saturated rings. The Bertz CT molecular complexity index is 703. The molecule has 0 saturated heterocycles. The number of anilines is 1. The number of carbonyl (C=O) groups excluding carboxylic acids is 2. The SMILES string of the molecule is CC(=O)c1ccccc1NC(=O)C(C)Sc1ccccc1Cl. The summed E-state index contributed by atoms with van der Waals surface area (Å²) in [5.41, 5.74) is 1.04. The molecule has 114 valence electrons. The number of hydrogen-bond acceptors (Lipinski definition) is 3. The number of amides is 1. The molecule has 2 rings (SSSR count). The molecule has 0 aliphatic heterocycles. The third-order valence-corrected chi connectivity index (χ3v) is 4.69. The molecule has 0 aliphatic carbocycles. The number of halogens is 1. The predicted molar refractivity (Wildman–Crippen MR) is 91.8 cm³/mol. The first-order valence-corrected chi connectivity index (χ1v) is 8.07. The summed E-state index contributed by atoms with van der Waals surface area (Å²) >= 11 is 7.49. The van der Waals surface area contributed by atoms with E-state index >= 15 is 0 Å². The Morgan fingerprint density at radius 3 is 2.41 bits per heavy atom. The average molecular weight is 334 g/mol. The highest BCUT2D eigenvalue weighted by molar-refractivity contribution is 8.00. The van der Waals surface area contributed by atoms with Crippen LogP contribution < -0.4 is 5.32 Å². The van der Waals surface area contributed by atoms with E-state index in [1.807, 2.05) is 18.2 Å². The first-order valence-electron chi connectivity index (χ1n) is 6.81. The minimum atomic E-state index is -0.333. The molecule has 1 unspecified atom stereocenters. The van der Waals surface area contributed by atoms with Gasteiger partial charge in [-0.2, -0.15) is 0 Å². The van der Waals surface area contributed by atoms with Crippen molar-refractivity contribution in [2.45, 2.75) is 24.0 Å². The van der Waals surface area contributed by atoms with Gasteiger partial charge in [-0.15, -0.1) is 11.8 Å². The van der Waals surface area contributed by atoms with Gasteiger partial charge in [-0.1, -0.05) is 35.9 Å². The van der Waals surface area contributed by atoms with Crippen LogP contribution in [0.4, 0.5) is 5.69 Å². The summed E-state index contributed by atoms with van der Waals surface area (Å²) in [6, 6.07) is 14.4. The minimum absolute atomic E-state index is 0.0812. The second-order valence-electron chi connectivity index (χ2n) is 4.78. The van der Waals surface area contributed by atoms with Gasteiger partial charge in [-0.3, -0.25) is 9.59 Å². The summed E-state index contributed by atoms with van der Waals surface area (Å²) < 4.78 is 0. The van der Waals surface area contributed by atoms with Gasteiger partial charge in [-0.25, -0.2) is 0 Å². The van der Waals surface area contributed by atoms with Gasteiger partial charge in [0, 0.05) is 10.5 Å². The molecule has 0 aromatic heterocycles. The van der Waals surface area contributed by atoms with E-state index < -0.39 is 0 Å². The number of hydrogen-bond donors (Lipinski definition) is 1. The highest BCUT2D eigenvalue weighted by Crippen LogP contribution is 2.30. The fourth-order valence-electron chi connectivity index (χ4n) is 1.92. The molecule has 2 aromatic rings. The van der Waals surface area contributed by atoms with Crippen molar-refractivity contribution in [1.29, 1.82) is 0 Å². The normalized spacial score (nSPS) is 11.8. The van der Waals surface area contributed by atoms with E-state index in [-0.39, 0.29) is 16.9 Å². The van der Waals surface area contributed by atoms with Crippen molar-refractivity contribution in [3.63, 3.8) is 0 Å². The molecule has 0 heterocycles. The van der Waals surface area contributed by atoms with Crippen LogP contribution in [0.5, 0.6) is 0 Å². The lowest BCUT2D eigenvalue weighted by atomic mass is 10.1. The third-order valence-electron chi connectivity index (χ3n) is 3.07. The number of benzene rings is 2. The molecule has 0 bridgehead atoms. The Morgan fingerprint density at radius 1 is 1.09 bits per heavy atom. The van der Waals surface area contributed by atoms with Crippen LogP contribution in [0.3, 0.4) is 0 Å². The van der Waals surface area contributed by atoms with Gasteiger partial charge < -0.3 is 5.32 Å². The second kappa shape index (κ2) is 7.47. The first-order chi connectivity index (χ1) is 10.5. The molecule has 5 heteroatoms. The maximum atomic E-state index is 12.3. The summed E-state index contributed by atoms with van der Waals surface area (Å²) in [6.45, 7) is 3.28. The van der Waals surface area contributed by atoms with Crippen molar-refractivity contribution in [3.8, 4) is 0 Å². The van der Waals surface area contributed by atoms with Gasteiger partial charge >= 0.3 is 0 Å². The van der Waals surface area contributed by atoms with Crippen molar-refractivity contribution in [2.75, 3.05) is 5.32 Å². The second-order valence-corrected chi connectivity index (χ2v) is 6.57. The van der Waals surface area contributed by atoms with Gasteiger partial charge in [-0.05, 0) is 38.1 Å². The molecule has 1 N–H and O–H groups in total. The van der Waals surface area contributed by atoms with Crippen LogP contribution in [0.15, 0.2) is 53.4 Å². The van der Waals surface area contributed by atoms with Crippen molar-refractivity contribution in [3.05, 3.63) is 59.1 Å². The molecule has 3 nitrogen and oxygen atoms in total. The van der Waals surface area contributed by atoms with Crippen molar-refractivity contribution in [2.24, 2.45) is 0 Å². The fourth-order valence-corrected chi connectivity index (χ4v) is 3.07. The number of thioether (sulfide) groups is 1. The summed E-state index contributed by atoms with van der Waals surface area (Å²) in [6.07, 6.45) is 0. The topological polar surface area (TPSA) is 46.2 Å². The van der Waals surface area contributed by atoms with E-state index in [1.165, 1.54) is 18.7 Å². The number of para-hydroxylation sites is 1. The molecule has 2 aromatic carbocycles. The molecule has 1 atom stereocenters. The summed E-state index contributed by atoms with van der Waals surface area (Å²) in [5.74, 6) is -0.249. The largest absolute Gasteiger partial charge is 0.324 e. The number of carbonyl (C=O) groups is 2. The smallest absolute Gasteiger partial charge is 0.237 e. The molecular weight excluding hydrogens is 318 g/mol. The van der Waals surface area contributed by atoms with E-state index in [0.29, 0.717) is 16.3 Å². The Balaban J connectivity index is 2.09. The van der Waals surface area contributed by atoms with Gasteiger partial charge in [0.25, 0.3) is 0 Å². The number of nitrogens with one attached hydrogen (secondary N) is 1. The van der Waals surface area contributed by atoms with Gasteiger partial charge in [0.15, 0.2) is 5.78 Å². The van der Waals surface area contributed by atoms with Gasteiger partial charge in [0.1, 0.15) is 0 Å². The van der Waals surface area contributed by atoms with Gasteiger partial charge in [0.2, 0.25) is 5.91 Å². The fraction of sp³-hybridized carbons (Fsp3) is 0.176. The predicted octanol–water partition coefficient (Wildman–Crippen LogP) is 4.66. The average Bonchev–Trinajstić information content (AvgIpc) is 2.49. The maximum Gasteiger partial charge on any atom is 0.237 e.